The Morgan fingerprint density at radius 1 is 1.18 bits per heavy atom. The number of carboxylic acid groups (broad SMARTS) is 1. The summed E-state index contributed by atoms with van der Waals surface area (Å²) in [5.74, 6) is -2.14. The number of aliphatic hydroxyl groups excluding tert-OH is 1. The molecule has 156 valence electrons. The number of rotatable bonds is 8. The Morgan fingerprint density at radius 2 is 1.82 bits per heavy atom. The molecule has 12 nitrogen and oxygen atoms in total. The first kappa shape index (κ1) is 21.4. The number of nitrogens with one attached hydrogen (secondary N) is 2. The van der Waals surface area contributed by atoms with E-state index in [-0.39, 0.29) is 12.3 Å². The molecule has 3 amide bonds. The van der Waals surface area contributed by atoms with Crippen molar-refractivity contribution < 1.29 is 29.0 Å². The van der Waals surface area contributed by atoms with Crippen molar-refractivity contribution in [1.82, 2.24) is 20.8 Å². The van der Waals surface area contributed by atoms with Crippen molar-refractivity contribution in [2.45, 2.75) is 57.2 Å². The van der Waals surface area contributed by atoms with Crippen LogP contribution in [0.5, 0.6) is 0 Å². The van der Waals surface area contributed by atoms with Crippen LogP contribution in [0.25, 0.3) is 0 Å². The number of carbonyl (C=O) groups excluding carboxylic acids is 2. The van der Waals surface area contributed by atoms with Gasteiger partial charge in [0.15, 0.2) is 6.04 Å². The van der Waals surface area contributed by atoms with Crippen LogP contribution in [0.3, 0.4) is 0 Å². The third kappa shape index (κ3) is 6.08. The Labute approximate surface area is 161 Å². The van der Waals surface area contributed by atoms with E-state index in [1.54, 1.807) is 0 Å². The van der Waals surface area contributed by atoms with E-state index in [1.165, 1.54) is 6.92 Å². The van der Waals surface area contributed by atoms with Crippen LogP contribution < -0.4 is 21.3 Å². The monoisotopic (exact) mass is 398 g/mol. The summed E-state index contributed by atoms with van der Waals surface area (Å²) in [4.78, 5) is 36.5. The van der Waals surface area contributed by atoms with Crippen molar-refractivity contribution >= 4 is 23.9 Å². The van der Waals surface area contributed by atoms with Crippen LogP contribution in [0.2, 0.25) is 0 Å². The number of hydrogen-bond acceptors (Lipinski definition) is 8. The fourth-order valence-electron chi connectivity index (χ4n) is 2.89. The molecular weight excluding hydrogens is 372 g/mol. The number of carbonyl (C=O) groups is 3. The van der Waals surface area contributed by atoms with Gasteiger partial charge >= 0.3 is 18.0 Å². The van der Waals surface area contributed by atoms with Crippen LogP contribution >= 0.6 is 0 Å². The number of aliphatic carboxylic acids is 1. The third-order valence-corrected chi connectivity index (χ3v) is 4.35. The summed E-state index contributed by atoms with van der Waals surface area (Å²) in [5.41, 5.74) is 5.23. The molecule has 6 N–H and O–H groups in total. The van der Waals surface area contributed by atoms with Crippen LogP contribution in [0.15, 0.2) is 4.42 Å². The van der Waals surface area contributed by atoms with E-state index in [0.29, 0.717) is 6.01 Å². The molecule has 0 saturated carbocycles. The number of anilines is 1. The van der Waals surface area contributed by atoms with Gasteiger partial charge in [0.1, 0.15) is 6.04 Å². The maximum absolute atomic E-state index is 12.1. The highest BCUT2D eigenvalue weighted by Gasteiger charge is 2.29. The normalized spacial score (nSPS) is 17.9. The number of aliphatic hydroxyl groups is 1. The number of nitrogens with zero attached hydrogens (tertiary/aromatic N) is 3. The molecule has 1 aliphatic rings. The molecule has 12 heteroatoms. The second-order valence-corrected chi connectivity index (χ2v) is 6.72. The molecule has 1 saturated heterocycles. The lowest BCUT2D eigenvalue weighted by molar-refractivity contribution is -0.141. The summed E-state index contributed by atoms with van der Waals surface area (Å²) in [7, 11) is 0. The van der Waals surface area contributed by atoms with Gasteiger partial charge in [-0.05, 0) is 19.8 Å². The summed E-state index contributed by atoms with van der Waals surface area (Å²) >= 11 is 0. The number of primary amides is 1. The third-order valence-electron chi connectivity index (χ3n) is 4.35. The maximum Gasteiger partial charge on any atom is 0.328 e. The van der Waals surface area contributed by atoms with E-state index in [9.17, 15) is 19.5 Å². The quantitative estimate of drug-likeness (QED) is 0.385. The summed E-state index contributed by atoms with van der Waals surface area (Å²) in [6.45, 7) is 2.76. The van der Waals surface area contributed by atoms with E-state index in [0.717, 1.165) is 38.8 Å². The molecular formula is C16H26N6O6. The van der Waals surface area contributed by atoms with Gasteiger partial charge in [0.2, 0.25) is 11.8 Å². The Morgan fingerprint density at radius 3 is 2.36 bits per heavy atom. The van der Waals surface area contributed by atoms with E-state index in [2.05, 4.69) is 20.8 Å². The van der Waals surface area contributed by atoms with Crippen molar-refractivity contribution in [3.8, 4) is 0 Å². The number of amides is 3. The summed E-state index contributed by atoms with van der Waals surface area (Å²) < 4.78 is 5.63. The Bertz CT molecular complexity index is 685. The number of aromatic nitrogens is 2. The van der Waals surface area contributed by atoms with Crippen molar-refractivity contribution in [3.05, 3.63) is 5.89 Å². The Balaban J connectivity index is 2.09. The highest BCUT2D eigenvalue weighted by atomic mass is 16.4. The summed E-state index contributed by atoms with van der Waals surface area (Å²) in [5, 5.41) is 30.9. The largest absolute Gasteiger partial charge is 0.480 e. The number of urea groups is 1. The highest BCUT2D eigenvalue weighted by molar-refractivity contribution is 5.83. The number of nitrogens with two attached hydrogens (primary N) is 1. The minimum atomic E-state index is -1.52. The number of hydrogen-bond donors (Lipinski definition) is 5. The molecule has 2 rings (SSSR count). The molecule has 2 unspecified atom stereocenters. The zero-order chi connectivity index (χ0) is 20.7. The van der Waals surface area contributed by atoms with Gasteiger partial charge in [-0.25, -0.2) is 9.59 Å². The topological polar surface area (TPSA) is 184 Å². The molecule has 0 aromatic carbocycles. The second kappa shape index (κ2) is 9.88. The van der Waals surface area contributed by atoms with Crippen molar-refractivity contribution in [3.63, 3.8) is 0 Å². The van der Waals surface area contributed by atoms with E-state index >= 15 is 0 Å². The zero-order valence-corrected chi connectivity index (χ0v) is 15.6. The predicted octanol–water partition coefficient (Wildman–Crippen LogP) is -0.500. The van der Waals surface area contributed by atoms with Crippen molar-refractivity contribution in [2.24, 2.45) is 5.73 Å². The summed E-state index contributed by atoms with van der Waals surface area (Å²) in [6.07, 6.45) is 2.60. The minimum absolute atomic E-state index is 0.0166. The van der Waals surface area contributed by atoms with E-state index in [1.807, 2.05) is 4.90 Å². The fourth-order valence-corrected chi connectivity index (χ4v) is 2.89. The predicted molar refractivity (Wildman–Crippen MR) is 96.3 cm³/mol. The molecule has 0 spiro atoms. The van der Waals surface area contributed by atoms with Crippen molar-refractivity contribution in [2.75, 3.05) is 18.0 Å². The van der Waals surface area contributed by atoms with Gasteiger partial charge in [0.25, 0.3) is 0 Å². The number of carboxylic acids is 1. The molecule has 0 bridgehead atoms. The summed E-state index contributed by atoms with van der Waals surface area (Å²) in [6, 6.07) is -3.19. The van der Waals surface area contributed by atoms with Gasteiger partial charge in [0, 0.05) is 13.1 Å². The first-order valence-corrected chi connectivity index (χ1v) is 9.12. The molecule has 1 aromatic rings. The van der Waals surface area contributed by atoms with E-state index < -0.39 is 36.1 Å². The smallest absolute Gasteiger partial charge is 0.328 e. The SMILES string of the molecule is CC(O)C(NC(=O)N[C@@H](CC(N)=O)c1nnc(N2CCCCCC2)o1)C(=O)O. The first-order valence-electron chi connectivity index (χ1n) is 9.12. The average Bonchev–Trinajstić information content (AvgIpc) is 2.94. The van der Waals surface area contributed by atoms with Crippen LogP contribution in [0, 0.1) is 0 Å². The van der Waals surface area contributed by atoms with Crippen LogP contribution in [-0.4, -0.2) is 63.6 Å². The van der Waals surface area contributed by atoms with Gasteiger partial charge < -0.3 is 35.9 Å². The van der Waals surface area contributed by atoms with Gasteiger partial charge in [-0.2, -0.15) is 0 Å². The maximum atomic E-state index is 12.1. The van der Waals surface area contributed by atoms with Gasteiger partial charge in [0.05, 0.1) is 12.5 Å². The van der Waals surface area contributed by atoms with Gasteiger partial charge in [-0.1, -0.05) is 17.9 Å². The molecule has 1 aliphatic heterocycles. The molecule has 1 fully saturated rings. The molecule has 0 radical (unpaired) electrons. The molecule has 2 heterocycles. The first-order chi connectivity index (χ1) is 13.3. The molecule has 0 aliphatic carbocycles. The Kier molecular flexibility index (Phi) is 7.55. The Hall–Kier alpha value is -2.89. The molecule has 28 heavy (non-hydrogen) atoms. The lowest BCUT2D eigenvalue weighted by atomic mass is 10.2. The zero-order valence-electron chi connectivity index (χ0n) is 15.6. The van der Waals surface area contributed by atoms with Crippen LogP contribution in [-0.2, 0) is 9.59 Å². The van der Waals surface area contributed by atoms with Crippen molar-refractivity contribution in [1.29, 1.82) is 0 Å². The average molecular weight is 398 g/mol. The molecule has 3 atom stereocenters. The van der Waals surface area contributed by atoms with E-state index in [4.69, 9.17) is 15.3 Å². The van der Waals surface area contributed by atoms with Gasteiger partial charge in [-0.3, -0.25) is 4.79 Å². The van der Waals surface area contributed by atoms with Crippen LogP contribution in [0.4, 0.5) is 10.8 Å². The highest BCUT2D eigenvalue weighted by Crippen LogP contribution is 2.22. The lowest BCUT2D eigenvalue weighted by Crippen LogP contribution is -2.52. The fraction of sp³-hybridized carbons (Fsp3) is 0.688. The minimum Gasteiger partial charge on any atom is -0.480 e. The molecule has 1 aromatic heterocycles. The van der Waals surface area contributed by atoms with Gasteiger partial charge in [-0.15, -0.1) is 5.10 Å². The second-order valence-electron chi connectivity index (χ2n) is 6.72. The standard InChI is InChI=1S/C16H26N6O6/c1-9(23)12(14(25)26)19-15(27)18-10(8-11(17)24)13-20-21-16(28-13)22-6-4-2-3-5-7-22/h9-10,12,23H,2-8H2,1H3,(H2,17,24)(H,25,26)(H2,18,19,27)/t9?,10-,12?/m0/s1. The lowest BCUT2D eigenvalue weighted by Gasteiger charge is -2.20. The van der Waals surface area contributed by atoms with Crippen LogP contribution in [0.1, 0.15) is 51.0 Å².